The van der Waals surface area contributed by atoms with Gasteiger partial charge in [0.15, 0.2) is 0 Å². The van der Waals surface area contributed by atoms with Crippen molar-refractivity contribution in [2.75, 3.05) is 32.8 Å². The number of ether oxygens (including phenoxy) is 1. The van der Waals surface area contributed by atoms with Gasteiger partial charge in [0.05, 0.1) is 11.2 Å². The smallest absolute Gasteiger partial charge is 0.266 e. The van der Waals surface area contributed by atoms with E-state index in [2.05, 4.69) is 41.1 Å². The number of rotatable bonds is 5. The second-order valence-electron chi connectivity index (χ2n) is 9.05. The van der Waals surface area contributed by atoms with E-state index in [1.54, 1.807) is 0 Å². The molecule has 2 aliphatic rings. The van der Waals surface area contributed by atoms with Gasteiger partial charge in [-0.15, -0.1) is 10.2 Å². The molecule has 0 atom stereocenters. The maximum atomic E-state index is 6.15. The molecule has 7 nitrogen and oxygen atoms in total. The van der Waals surface area contributed by atoms with Gasteiger partial charge in [-0.1, -0.05) is 19.9 Å². The van der Waals surface area contributed by atoms with Crippen LogP contribution in [0, 0.1) is 5.92 Å². The van der Waals surface area contributed by atoms with E-state index < -0.39 is 0 Å². The van der Waals surface area contributed by atoms with Crippen LogP contribution in [0.3, 0.4) is 0 Å². The second-order valence-corrected chi connectivity index (χ2v) is 9.05. The van der Waals surface area contributed by atoms with Crippen molar-refractivity contribution in [3.8, 4) is 11.6 Å². The molecule has 30 heavy (non-hydrogen) atoms. The summed E-state index contributed by atoms with van der Waals surface area (Å²) in [5.41, 5.74) is 2.98. The van der Waals surface area contributed by atoms with Crippen LogP contribution in [0.15, 0.2) is 28.7 Å². The van der Waals surface area contributed by atoms with Crippen molar-refractivity contribution < 1.29 is 9.15 Å². The van der Waals surface area contributed by atoms with Gasteiger partial charge in [0.2, 0.25) is 5.89 Å². The van der Waals surface area contributed by atoms with Crippen LogP contribution in [0.4, 0.5) is 0 Å². The van der Waals surface area contributed by atoms with E-state index in [1.807, 2.05) is 16.6 Å². The minimum Gasteiger partial charge on any atom is -0.419 e. The SMILES string of the molecule is CC(C)c1cc2cccc(-c3nnc(C4CCN(CC5CCOCC5)CC4)o3)n2n1. The number of hydrogen-bond acceptors (Lipinski definition) is 6. The summed E-state index contributed by atoms with van der Waals surface area (Å²) < 4.78 is 13.6. The zero-order valence-corrected chi connectivity index (χ0v) is 18.0. The first-order valence-electron chi connectivity index (χ1n) is 11.3. The van der Waals surface area contributed by atoms with Crippen LogP contribution in [0.25, 0.3) is 17.1 Å². The predicted octanol–water partition coefficient (Wildman–Crippen LogP) is 4.11. The minimum atomic E-state index is 0.347. The van der Waals surface area contributed by atoms with Crippen molar-refractivity contribution >= 4 is 5.52 Å². The van der Waals surface area contributed by atoms with E-state index in [4.69, 9.17) is 14.3 Å². The van der Waals surface area contributed by atoms with Crippen LogP contribution in [-0.2, 0) is 4.74 Å². The fraction of sp³-hybridized carbons (Fsp3) is 0.609. The summed E-state index contributed by atoms with van der Waals surface area (Å²) in [5, 5.41) is 13.5. The van der Waals surface area contributed by atoms with Crippen LogP contribution in [0.5, 0.6) is 0 Å². The van der Waals surface area contributed by atoms with Crippen molar-refractivity contribution in [2.24, 2.45) is 5.92 Å². The number of hydrogen-bond donors (Lipinski definition) is 0. The Labute approximate surface area is 177 Å². The maximum Gasteiger partial charge on any atom is 0.266 e. The molecule has 2 saturated heterocycles. The first-order valence-corrected chi connectivity index (χ1v) is 11.3. The zero-order chi connectivity index (χ0) is 20.5. The van der Waals surface area contributed by atoms with Gasteiger partial charge >= 0.3 is 0 Å². The van der Waals surface area contributed by atoms with Gasteiger partial charge in [-0.05, 0) is 68.8 Å². The monoisotopic (exact) mass is 409 g/mol. The average Bonchev–Trinajstić information content (AvgIpc) is 3.42. The molecular weight excluding hydrogens is 378 g/mol. The lowest BCUT2D eigenvalue weighted by atomic mass is 9.94. The van der Waals surface area contributed by atoms with Crippen molar-refractivity contribution in [1.82, 2.24) is 24.7 Å². The van der Waals surface area contributed by atoms with E-state index in [-0.39, 0.29) is 0 Å². The lowest BCUT2D eigenvalue weighted by Gasteiger charge is -2.34. The molecule has 0 unspecified atom stereocenters. The molecule has 0 saturated carbocycles. The van der Waals surface area contributed by atoms with Gasteiger partial charge in [-0.3, -0.25) is 0 Å². The molecule has 3 aromatic rings. The van der Waals surface area contributed by atoms with E-state index in [0.717, 1.165) is 67.9 Å². The van der Waals surface area contributed by atoms with Crippen molar-refractivity contribution in [3.63, 3.8) is 0 Å². The summed E-state index contributed by atoms with van der Waals surface area (Å²) in [7, 11) is 0. The number of nitrogens with zero attached hydrogens (tertiary/aromatic N) is 5. The van der Waals surface area contributed by atoms with E-state index >= 15 is 0 Å². The van der Waals surface area contributed by atoms with E-state index in [9.17, 15) is 0 Å². The first kappa shape index (κ1) is 19.7. The van der Waals surface area contributed by atoms with Gasteiger partial charge in [-0.2, -0.15) is 5.10 Å². The Hall–Kier alpha value is -2.25. The Morgan fingerprint density at radius 1 is 1.07 bits per heavy atom. The standard InChI is InChI=1S/C23H31N5O2/c1-16(2)20-14-19-4-3-5-21(28(19)26-20)23-25-24-22(30-23)18-6-10-27(11-7-18)15-17-8-12-29-13-9-17/h3-5,14,16-18H,6-13,15H2,1-2H3. The normalized spacial score (nSPS) is 19.8. The second kappa shape index (κ2) is 8.47. The van der Waals surface area contributed by atoms with E-state index in [0.29, 0.717) is 17.7 Å². The van der Waals surface area contributed by atoms with Crippen LogP contribution in [0.2, 0.25) is 0 Å². The van der Waals surface area contributed by atoms with Gasteiger partial charge < -0.3 is 14.1 Å². The molecule has 0 spiro atoms. The molecule has 0 aliphatic carbocycles. The summed E-state index contributed by atoms with van der Waals surface area (Å²) in [6.07, 6.45) is 4.55. The molecular formula is C23H31N5O2. The van der Waals surface area contributed by atoms with Gasteiger partial charge in [-0.25, -0.2) is 4.52 Å². The van der Waals surface area contributed by atoms with Gasteiger partial charge in [0, 0.05) is 25.7 Å². The summed E-state index contributed by atoms with van der Waals surface area (Å²) >= 11 is 0. The van der Waals surface area contributed by atoms with Crippen LogP contribution < -0.4 is 0 Å². The number of likely N-dealkylation sites (tertiary alicyclic amines) is 1. The molecule has 5 rings (SSSR count). The van der Waals surface area contributed by atoms with Crippen LogP contribution >= 0.6 is 0 Å². The summed E-state index contributed by atoms with van der Waals surface area (Å²) in [6, 6.07) is 8.21. The average molecular weight is 410 g/mol. The molecule has 0 aromatic carbocycles. The first-order chi connectivity index (χ1) is 14.7. The number of pyridine rings is 1. The summed E-state index contributed by atoms with van der Waals surface area (Å²) in [6.45, 7) is 9.56. The molecule has 0 N–H and O–H groups in total. The fourth-order valence-corrected chi connectivity index (χ4v) is 4.64. The Morgan fingerprint density at radius 3 is 2.63 bits per heavy atom. The maximum absolute atomic E-state index is 6.15. The minimum absolute atomic E-state index is 0.347. The third kappa shape index (κ3) is 4.01. The third-order valence-electron chi connectivity index (χ3n) is 6.55. The lowest BCUT2D eigenvalue weighted by Crippen LogP contribution is -2.38. The molecule has 0 amide bonds. The van der Waals surface area contributed by atoms with Crippen molar-refractivity contribution in [2.45, 2.75) is 51.4 Å². The highest BCUT2D eigenvalue weighted by molar-refractivity contribution is 5.58. The molecule has 160 valence electrons. The molecule has 2 aliphatic heterocycles. The van der Waals surface area contributed by atoms with Crippen LogP contribution in [0.1, 0.15) is 63.0 Å². The zero-order valence-electron chi connectivity index (χ0n) is 18.0. The van der Waals surface area contributed by atoms with Crippen molar-refractivity contribution in [3.05, 3.63) is 35.9 Å². The fourth-order valence-electron chi connectivity index (χ4n) is 4.64. The molecule has 3 aromatic heterocycles. The summed E-state index contributed by atoms with van der Waals surface area (Å²) in [5.74, 6) is 2.83. The number of fused-ring (bicyclic) bond motifs is 1. The molecule has 5 heterocycles. The Morgan fingerprint density at radius 2 is 1.87 bits per heavy atom. The van der Waals surface area contributed by atoms with Gasteiger partial charge in [0.25, 0.3) is 5.89 Å². The van der Waals surface area contributed by atoms with Gasteiger partial charge in [0.1, 0.15) is 5.69 Å². The highest BCUT2D eigenvalue weighted by atomic mass is 16.5. The summed E-state index contributed by atoms with van der Waals surface area (Å²) in [4.78, 5) is 2.60. The largest absolute Gasteiger partial charge is 0.419 e. The molecule has 2 fully saturated rings. The Bertz CT molecular complexity index is 981. The highest BCUT2D eigenvalue weighted by Crippen LogP contribution is 2.31. The molecule has 0 bridgehead atoms. The number of aromatic nitrogens is 4. The van der Waals surface area contributed by atoms with E-state index in [1.165, 1.54) is 19.4 Å². The Kier molecular flexibility index (Phi) is 5.56. The molecule has 0 radical (unpaired) electrons. The number of piperidine rings is 1. The Balaban J connectivity index is 1.27. The third-order valence-corrected chi connectivity index (χ3v) is 6.55. The topological polar surface area (TPSA) is 68.7 Å². The quantitative estimate of drug-likeness (QED) is 0.632. The van der Waals surface area contributed by atoms with Crippen molar-refractivity contribution in [1.29, 1.82) is 0 Å². The van der Waals surface area contributed by atoms with Crippen LogP contribution in [-0.4, -0.2) is 57.6 Å². The predicted molar refractivity (Wildman–Crippen MR) is 115 cm³/mol. The lowest BCUT2D eigenvalue weighted by molar-refractivity contribution is 0.0483. The highest BCUT2D eigenvalue weighted by Gasteiger charge is 2.27. The molecule has 7 heteroatoms.